The molecule has 27 heteroatoms. The number of amides is 10. The van der Waals surface area contributed by atoms with Crippen LogP contribution in [0, 0.1) is 5.92 Å². The van der Waals surface area contributed by atoms with Gasteiger partial charge in [-0.3, -0.25) is 52.9 Å². The number of aliphatic imine (C=N–C) groups is 1. The third-order valence-electron chi connectivity index (χ3n) is 11.6. The van der Waals surface area contributed by atoms with Crippen molar-refractivity contribution in [1.29, 1.82) is 0 Å². The number of phenols is 1. The third-order valence-corrected chi connectivity index (χ3v) is 14.0. The molecule has 2 aromatic carbocycles. The number of carbonyl (C=O) groups excluding carboxylic acids is 10. The molecule has 2 aliphatic heterocycles. The number of nitrogens with two attached hydrogens (primary N) is 5. The molecule has 73 heavy (non-hydrogen) atoms. The van der Waals surface area contributed by atoms with Gasteiger partial charge in [-0.05, 0) is 54.9 Å². The van der Waals surface area contributed by atoms with Crippen molar-refractivity contribution in [2.45, 2.75) is 107 Å². The number of rotatable bonds is 17. The molecule has 4 rings (SSSR count). The van der Waals surface area contributed by atoms with E-state index in [0.29, 0.717) is 17.5 Å². The average molecular weight is 1060 g/mol. The summed E-state index contributed by atoms with van der Waals surface area (Å²) >= 11 is 0. The number of likely N-dealkylation sites (tertiary alicyclic amines) is 1. The van der Waals surface area contributed by atoms with Crippen LogP contribution in [0.15, 0.2) is 59.6 Å². The van der Waals surface area contributed by atoms with E-state index in [0.717, 1.165) is 21.6 Å². The molecule has 10 amide bonds. The summed E-state index contributed by atoms with van der Waals surface area (Å²) in [6.07, 6.45) is -0.162. The van der Waals surface area contributed by atoms with Crippen molar-refractivity contribution in [3.05, 3.63) is 65.7 Å². The van der Waals surface area contributed by atoms with Crippen molar-refractivity contribution in [3.63, 3.8) is 0 Å². The van der Waals surface area contributed by atoms with Gasteiger partial charge in [0.1, 0.15) is 48.0 Å². The van der Waals surface area contributed by atoms with Gasteiger partial charge in [0, 0.05) is 37.4 Å². The summed E-state index contributed by atoms with van der Waals surface area (Å²) in [4.78, 5) is 141. The van der Waals surface area contributed by atoms with E-state index in [9.17, 15) is 53.1 Å². The van der Waals surface area contributed by atoms with Crippen molar-refractivity contribution in [2.24, 2.45) is 39.6 Å². The van der Waals surface area contributed by atoms with Crippen molar-refractivity contribution in [1.82, 2.24) is 42.1 Å². The first kappa shape index (κ1) is 58.4. The number of nitrogens with one attached hydrogen (secondary N) is 7. The number of phenolic OH excluding ortho intramolecular Hbond substituents is 1. The third kappa shape index (κ3) is 19.1. The SMILES string of the molecule is CC(C)[C@@H]1NC(=O)[C@H](Cc2ccccc2)NC(=O)[C@H](Cc2ccc(O)cc2)NC(=O)[C@@H](N)CSSC[C@@H](C(=O)N2CCC[C@H]2C(=O)N[C@H](CCCN=C(N)N)C(=O)NCC(N)=O)NC(=O)[C@H](CC(N)=O)NC1=O. The molecule has 0 radical (unpaired) electrons. The van der Waals surface area contributed by atoms with E-state index >= 15 is 0 Å². The van der Waals surface area contributed by atoms with Crippen LogP contribution in [0.25, 0.3) is 0 Å². The van der Waals surface area contributed by atoms with E-state index < -0.39 is 126 Å². The highest BCUT2D eigenvalue weighted by atomic mass is 33.1. The van der Waals surface area contributed by atoms with Crippen LogP contribution in [-0.2, 0) is 60.8 Å². The highest BCUT2D eigenvalue weighted by Crippen LogP contribution is 2.26. The van der Waals surface area contributed by atoms with Crippen molar-refractivity contribution >= 4 is 86.6 Å². The van der Waals surface area contributed by atoms with Crippen LogP contribution in [0.4, 0.5) is 0 Å². The number of hydrogen-bond donors (Lipinski definition) is 13. The topological polar surface area (TPSA) is 421 Å². The standard InChI is InChI=1S/C46H66N14O11S2/c1-24(2)37-44(70)57-32(20-35(48)62)41(67)58-33(45(71)60-17-7-11-34(60)43(69)54-29(10-6-16-52-46(50)51)39(65)53-21-36(49)63)23-73-72-22-28(47)38(64)55-30(19-26-12-14-27(61)15-13-26)40(66)56-31(42(68)59-37)18-25-8-4-3-5-9-25/h3-5,8-9,12-15,24,28-34,37,61H,6-7,10-11,16-23,47H2,1-2H3,(H2,48,62)(H2,49,63)(H,53,65)(H,54,69)(H,55,64)(H,56,66)(H,57,70)(H,58,67)(H,59,68)(H4,50,51,52)/t28-,29+,30-,31-,32-,33-,34-,37-/m0/s1. The molecule has 0 saturated carbocycles. The first-order valence-electron chi connectivity index (χ1n) is 23.5. The van der Waals surface area contributed by atoms with E-state index in [-0.39, 0.29) is 68.4 Å². The molecular weight excluding hydrogens is 989 g/mol. The Hall–Kier alpha value is -7.13. The lowest BCUT2D eigenvalue weighted by atomic mass is 9.99. The summed E-state index contributed by atoms with van der Waals surface area (Å²) in [7, 11) is 2.07. The van der Waals surface area contributed by atoms with Gasteiger partial charge >= 0.3 is 0 Å². The van der Waals surface area contributed by atoms with E-state index in [1.165, 1.54) is 17.0 Å². The largest absolute Gasteiger partial charge is 0.508 e. The molecule has 2 fully saturated rings. The zero-order valence-corrected chi connectivity index (χ0v) is 42.1. The van der Waals surface area contributed by atoms with Crippen molar-refractivity contribution in [2.75, 3.05) is 31.1 Å². The summed E-state index contributed by atoms with van der Waals surface area (Å²) in [6.45, 7) is 2.85. The summed E-state index contributed by atoms with van der Waals surface area (Å²) < 4.78 is 0. The van der Waals surface area contributed by atoms with Crippen LogP contribution < -0.4 is 65.9 Å². The second kappa shape index (κ2) is 28.8. The summed E-state index contributed by atoms with van der Waals surface area (Å²) in [5, 5.41) is 28.1. The van der Waals surface area contributed by atoms with Crippen molar-refractivity contribution in [3.8, 4) is 5.75 Å². The Kier molecular flexibility index (Phi) is 23.0. The van der Waals surface area contributed by atoms with Gasteiger partial charge < -0.3 is 75.9 Å². The molecule has 0 spiro atoms. The molecule has 25 nitrogen and oxygen atoms in total. The Balaban J connectivity index is 1.68. The van der Waals surface area contributed by atoms with Gasteiger partial charge in [-0.1, -0.05) is 77.9 Å². The lowest BCUT2D eigenvalue weighted by Gasteiger charge is -2.31. The predicted octanol–water partition coefficient (Wildman–Crippen LogP) is -4.01. The van der Waals surface area contributed by atoms with Gasteiger partial charge in [-0.25, -0.2) is 0 Å². The Morgan fingerprint density at radius 3 is 1.96 bits per heavy atom. The Morgan fingerprint density at radius 1 is 0.753 bits per heavy atom. The van der Waals surface area contributed by atoms with Gasteiger partial charge in [0.05, 0.1) is 19.0 Å². The van der Waals surface area contributed by atoms with Crippen LogP contribution in [0.2, 0.25) is 0 Å². The highest BCUT2D eigenvalue weighted by Gasteiger charge is 2.41. The maximum absolute atomic E-state index is 14.6. The molecule has 0 aliphatic carbocycles. The summed E-state index contributed by atoms with van der Waals surface area (Å²) in [6, 6.07) is 3.86. The Morgan fingerprint density at radius 2 is 1.34 bits per heavy atom. The molecule has 0 unspecified atom stereocenters. The molecule has 398 valence electrons. The number of hydrogen-bond acceptors (Lipinski definition) is 15. The second-order valence-corrected chi connectivity index (χ2v) is 20.3. The summed E-state index contributed by atoms with van der Waals surface area (Å²) in [5.41, 5.74) is 29.1. The minimum atomic E-state index is -1.68. The number of carbonyl (C=O) groups is 10. The molecule has 2 saturated heterocycles. The fraction of sp³-hybridized carbons (Fsp3) is 0.500. The molecule has 0 aromatic heterocycles. The van der Waals surface area contributed by atoms with E-state index in [2.05, 4.69) is 42.2 Å². The minimum absolute atomic E-state index is 0.0232. The Bertz CT molecular complexity index is 2320. The number of aromatic hydroxyl groups is 1. The van der Waals surface area contributed by atoms with E-state index in [4.69, 9.17) is 28.7 Å². The van der Waals surface area contributed by atoms with Gasteiger partial charge in [0.25, 0.3) is 0 Å². The lowest BCUT2D eigenvalue weighted by Crippen LogP contribution is -2.62. The van der Waals surface area contributed by atoms with Crippen LogP contribution in [0.1, 0.15) is 57.1 Å². The quantitative estimate of drug-likeness (QED) is 0.0311. The fourth-order valence-corrected chi connectivity index (χ4v) is 10.0. The predicted molar refractivity (Wildman–Crippen MR) is 272 cm³/mol. The van der Waals surface area contributed by atoms with Crippen LogP contribution >= 0.6 is 21.6 Å². The second-order valence-electron chi connectivity index (χ2n) is 17.8. The van der Waals surface area contributed by atoms with Crippen molar-refractivity contribution < 1.29 is 53.1 Å². The molecule has 2 aliphatic rings. The first-order chi connectivity index (χ1) is 34.6. The zero-order chi connectivity index (χ0) is 53.8. The van der Waals surface area contributed by atoms with Gasteiger partial charge in [-0.2, -0.15) is 0 Å². The normalized spacial score (nSPS) is 23.0. The van der Waals surface area contributed by atoms with Gasteiger partial charge in [0.2, 0.25) is 59.1 Å². The van der Waals surface area contributed by atoms with Gasteiger partial charge in [-0.15, -0.1) is 0 Å². The molecule has 0 bridgehead atoms. The maximum atomic E-state index is 14.6. The number of primary amides is 2. The number of nitrogens with zero attached hydrogens (tertiary/aromatic N) is 2. The number of benzene rings is 2. The van der Waals surface area contributed by atoms with Crippen LogP contribution in [-0.4, -0.2) is 155 Å². The summed E-state index contributed by atoms with van der Waals surface area (Å²) in [5.74, 6) is -9.49. The molecule has 8 atom stereocenters. The van der Waals surface area contributed by atoms with Gasteiger partial charge in [0.15, 0.2) is 5.96 Å². The maximum Gasteiger partial charge on any atom is 0.246 e. The van der Waals surface area contributed by atoms with E-state index in [1.54, 1.807) is 56.3 Å². The lowest BCUT2D eigenvalue weighted by molar-refractivity contribution is -0.142. The van der Waals surface area contributed by atoms with Crippen LogP contribution in [0.5, 0.6) is 5.75 Å². The zero-order valence-electron chi connectivity index (χ0n) is 40.5. The van der Waals surface area contributed by atoms with Crippen LogP contribution in [0.3, 0.4) is 0 Å². The minimum Gasteiger partial charge on any atom is -0.508 e. The highest BCUT2D eigenvalue weighted by molar-refractivity contribution is 8.76. The monoisotopic (exact) mass is 1050 g/mol. The number of guanidine groups is 1. The first-order valence-corrected chi connectivity index (χ1v) is 26.0. The fourth-order valence-electron chi connectivity index (χ4n) is 7.75. The smallest absolute Gasteiger partial charge is 0.246 e. The molecule has 2 heterocycles. The Labute approximate surface area is 429 Å². The molecule has 2 aromatic rings. The molecule has 18 N–H and O–H groups in total. The average Bonchev–Trinajstić information content (AvgIpc) is 3.84. The molecular formula is C46H66N14O11S2. The van der Waals surface area contributed by atoms with E-state index in [1.807, 2.05) is 0 Å².